The Morgan fingerprint density at radius 1 is 1.50 bits per heavy atom. The van der Waals surface area contributed by atoms with E-state index < -0.39 is 0 Å². The molecule has 3 heterocycles. The van der Waals surface area contributed by atoms with Crippen LogP contribution in [-0.2, 0) is 13.0 Å². The van der Waals surface area contributed by atoms with Gasteiger partial charge in [0.15, 0.2) is 0 Å². The summed E-state index contributed by atoms with van der Waals surface area (Å²) in [6, 6.07) is 6.75. The molecule has 0 aromatic carbocycles. The van der Waals surface area contributed by atoms with E-state index in [-0.39, 0.29) is 0 Å². The second kappa shape index (κ2) is 5.00. The number of nitrogens with zero attached hydrogens (tertiary/aromatic N) is 2. The van der Waals surface area contributed by atoms with Crippen molar-refractivity contribution in [3.63, 3.8) is 0 Å². The molecule has 3 rings (SSSR count). The van der Waals surface area contributed by atoms with Crippen LogP contribution < -0.4 is 0 Å². The summed E-state index contributed by atoms with van der Waals surface area (Å²) in [6.45, 7) is 4.35. The number of thiophene rings is 1. The summed E-state index contributed by atoms with van der Waals surface area (Å²) in [5.74, 6) is 0. The van der Waals surface area contributed by atoms with Gasteiger partial charge in [-0.25, -0.2) is 4.98 Å². The van der Waals surface area contributed by atoms with Gasteiger partial charge in [-0.3, -0.25) is 4.90 Å². The predicted octanol–water partition coefficient (Wildman–Crippen LogP) is 3.92. The van der Waals surface area contributed by atoms with Crippen LogP contribution in [0.5, 0.6) is 0 Å². The number of rotatable bonds is 2. The van der Waals surface area contributed by atoms with Crippen molar-refractivity contribution >= 4 is 22.9 Å². The van der Waals surface area contributed by atoms with Gasteiger partial charge in [-0.1, -0.05) is 11.6 Å². The molecule has 18 heavy (non-hydrogen) atoms. The van der Waals surface area contributed by atoms with Gasteiger partial charge in [0.05, 0.1) is 0 Å². The number of aromatic nitrogens is 1. The largest absolute Gasteiger partial charge is 0.292 e. The summed E-state index contributed by atoms with van der Waals surface area (Å²) in [5, 5.41) is 2.78. The minimum atomic E-state index is 0.493. The van der Waals surface area contributed by atoms with Crippen molar-refractivity contribution in [1.82, 2.24) is 9.88 Å². The van der Waals surface area contributed by atoms with Gasteiger partial charge in [-0.15, -0.1) is 11.3 Å². The Morgan fingerprint density at radius 3 is 3.22 bits per heavy atom. The van der Waals surface area contributed by atoms with E-state index in [0.717, 1.165) is 19.5 Å². The molecule has 0 aliphatic carbocycles. The summed E-state index contributed by atoms with van der Waals surface area (Å²) in [6.07, 6.45) is 2.94. The van der Waals surface area contributed by atoms with Gasteiger partial charge >= 0.3 is 0 Å². The lowest BCUT2D eigenvalue weighted by Gasteiger charge is -2.33. The fourth-order valence-corrected chi connectivity index (χ4v) is 3.71. The highest BCUT2D eigenvalue weighted by Crippen LogP contribution is 2.33. The molecule has 94 valence electrons. The summed E-state index contributed by atoms with van der Waals surface area (Å²) in [4.78, 5) is 8.08. The van der Waals surface area contributed by atoms with Crippen LogP contribution in [0.25, 0.3) is 0 Å². The Labute approximate surface area is 116 Å². The second-order valence-electron chi connectivity index (χ2n) is 4.68. The highest BCUT2D eigenvalue weighted by Gasteiger charge is 2.24. The number of halogens is 1. The van der Waals surface area contributed by atoms with E-state index in [1.165, 1.54) is 11.1 Å². The molecule has 4 heteroatoms. The van der Waals surface area contributed by atoms with Gasteiger partial charge in [0.25, 0.3) is 0 Å². The molecule has 0 saturated carbocycles. The van der Waals surface area contributed by atoms with Crippen LogP contribution in [0.1, 0.15) is 29.0 Å². The molecule has 1 atom stereocenters. The number of hydrogen-bond donors (Lipinski definition) is 0. The zero-order chi connectivity index (χ0) is 12.5. The van der Waals surface area contributed by atoms with Gasteiger partial charge in [0.1, 0.15) is 5.15 Å². The van der Waals surface area contributed by atoms with E-state index in [9.17, 15) is 0 Å². The third kappa shape index (κ3) is 2.30. The normalized spacial score (nSPS) is 19.8. The maximum Gasteiger partial charge on any atom is 0.129 e. The molecular weight excluding hydrogens is 264 g/mol. The quantitative estimate of drug-likeness (QED) is 0.774. The molecular formula is C14H15ClN2S. The summed E-state index contributed by atoms with van der Waals surface area (Å²) in [5.41, 5.74) is 2.73. The van der Waals surface area contributed by atoms with Crippen molar-refractivity contribution in [2.45, 2.75) is 25.9 Å². The van der Waals surface area contributed by atoms with Crippen LogP contribution in [-0.4, -0.2) is 16.4 Å². The lowest BCUT2D eigenvalue weighted by Crippen LogP contribution is -2.32. The van der Waals surface area contributed by atoms with Crippen molar-refractivity contribution in [1.29, 1.82) is 0 Å². The second-order valence-corrected chi connectivity index (χ2v) is 6.07. The first-order valence-electron chi connectivity index (χ1n) is 6.15. The van der Waals surface area contributed by atoms with Crippen molar-refractivity contribution in [2.24, 2.45) is 0 Å². The number of hydrogen-bond acceptors (Lipinski definition) is 3. The number of fused-ring (bicyclic) bond motifs is 1. The standard InChI is InChI=1S/C14H15ClN2S/c1-10-12-4-7-18-13(12)3-6-17(10)9-11-2-5-16-14(15)8-11/h2,4-5,7-8,10H,3,6,9H2,1H3. The van der Waals surface area contributed by atoms with Gasteiger partial charge in [-0.2, -0.15) is 0 Å². The average molecular weight is 279 g/mol. The molecule has 0 saturated heterocycles. The maximum absolute atomic E-state index is 5.93. The van der Waals surface area contributed by atoms with Crippen LogP contribution in [0.15, 0.2) is 29.8 Å². The Bertz CT molecular complexity index is 552. The van der Waals surface area contributed by atoms with E-state index in [1.54, 1.807) is 11.1 Å². The Balaban J connectivity index is 1.79. The Hall–Kier alpha value is -0.900. The van der Waals surface area contributed by atoms with Crippen molar-refractivity contribution in [2.75, 3.05) is 6.54 Å². The summed E-state index contributed by atoms with van der Waals surface area (Å²) < 4.78 is 0. The van der Waals surface area contributed by atoms with Crippen LogP contribution in [0, 0.1) is 0 Å². The predicted molar refractivity (Wildman–Crippen MR) is 76.1 cm³/mol. The molecule has 2 nitrogen and oxygen atoms in total. The molecule has 2 aromatic heterocycles. The first-order chi connectivity index (χ1) is 8.74. The van der Waals surface area contributed by atoms with Gasteiger partial charge in [0.2, 0.25) is 0 Å². The highest BCUT2D eigenvalue weighted by molar-refractivity contribution is 7.10. The lowest BCUT2D eigenvalue weighted by atomic mass is 10.0. The molecule has 0 bridgehead atoms. The minimum absolute atomic E-state index is 0.493. The molecule has 0 amide bonds. The topological polar surface area (TPSA) is 16.1 Å². The lowest BCUT2D eigenvalue weighted by molar-refractivity contribution is 0.191. The molecule has 0 N–H and O–H groups in total. The molecule has 2 aromatic rings. The van der Waals surface area contributed by atoms with Crippen molar-refractivity contribution in [3.8, 4) is 0 Å². The Morgan fingerprint density at radius 2 is 2.39 bits per heavy atom. The molecule has 0 fully saturated rings. The zero-order valence-corrected chi connectivity index (χ0v) is 11.8. The summed E-state index contributed by atoms with van der Waals surface area (Å²) in [7, 11) is 0. The van der Waals surface area contributed by atoms with Crippen LogP contribution in [0.3, 0.4) is 0 Å². The van der Waals surface area contributed by atoms with E-state index in [4.69, 9.17) is 11.6 Å². The van der Waals surface area contributed by atoms with Gasteiger partial charge in [-0.05, 0) is 48.1 Å². The number of pyridine rings is 1. The van der Waals surface area contributed by atoms with E-state index in [2.05, 4.69) is 28.3 Å². The average Bonchev–Trinajstić information content (AvgIpc) is 2.82. The van der Waals surface area contributed by atoms with Crippen LogP contribution in [0.2, 0.25) is 5.15 Å². The highest BCUT2D eigenvalue weighted by atomic mass is 35.5. The maximum atomic E-state index is 5.93. The Kier molecular flexibility index (Phi) is 3.37. The van der Waals surface area contributed by atoms with Crippen molar-refractivity contribution < 1.29 is 0 Å². The first kappa shape index (κ1) is 12.2. The van der Waals surface area contributed by atoms with Crippen molar-refractivity contribution in [3.05, 3.63) is 50.9 Å². The molecule has 1 aliphatic rings. The minimum Gasteiger partial charge on any atom is -0.292 e. The molecule has 1 aliphatic heterocycles. The molecule has 0 radical (unpaired) electrons. The smallest absolute Gasteiger partial charge is 0.129 e. The van der Waals surface area contributed by atoms with E-state index >= 15 is 0 Å². The van der Waals surface area contributed by atoms with Gasteiger partial charge < -0.3 is 0 Å². The summed E-state index contributed by atoms with van der Waals surface area (Å²) >= 11 is 7.82. The zero-order valence-electron chi connectivity index (χ0n) is 10.3. The third-order valence-corrected chi connectivity index (χ3v) is 4.78. The van der Waals surface area contributed by atoms with E-state index in [0.29, 0.717) is 11.2 Å². The fourth-order valence-electron chi connectivity index (χ4n) is 2.55. The fraction of sp³-hybridized carbons (Fsp3) is 0.357. The van der Waals surface area contributed by atoms with Crippen LogP contribution >= 0.6 is 22.9 Å². The SMILES string of the molecule is CC1c2ccsc2CCN1Cc1ccnc(Cl)c1. The van der Waals surface area contributed by atoms with Crippen LogP contribution in [0.4, 0.5) is 0 Å². The van der Waals surface area contributed by atoms with E-state index in [1.807, 2.05) is 23.5 Å². The third-order valence-electron chi connectivity index (χ3n) is 3.58. The first-order valence-corrected chi connectivity index (χ1v) is 7.40. The molecule has 0 spiro atoms. The molecule has 1 unspecified atom stereocenters. The van der Waals surface area contributed by atoms with Gasteiger partial charge in [0, 0.05) is 30.2 Å². The monoisotopic (exact) mass is 278 g/mol.